The van der Waals surface area contributed by atoms with Crippen molar-refractivity contribution in [3.8, 4) is 5.75 Å². The smallest absolute Gasteiger partial charge is 0.261 e. The Balaban J connectivity index is 1.61. The predicted octanol–water partition coefficient (Wildman–Crippen LogP) is 4.74. The monoisotopic (exact) mass is 470 g/mol. The summed E-state index contributed by atoms with van der Waals surface area (Å²) in [4.78, 5) is 28.0. The zero-order valence-corrected chi connectivity index (χ0v) is 19.5. The molecule has 0 saturated carbocycles. The lowest BCUT2D eigenvalue weighted by molar-refractivity contribution is -0.142. The van der Waals surface area contributed by atoms with E-state index in [9.17, 15) is 14.0 Å². The van der Waals surface area contributed by atoms with Crippen molar-refractivity contribution in [2.24, 2.45) is 0 Å². The molecule has 0 saturated heterocycles. The zero-order chi connectivity index (χ0) is 24.6. The predicted molar refractivity (Wildman–Crippen MR) is 134 cm³/mol. The summed E-state index contributed by atoms with van der Waals surface area (Å²) in [7, 11) is 1.55. The van der Waals surface area contributed by atoms with Gasteiger partial charge in [0.2, 0.25) is 5.91 Å². The van der Waals surface area contributed by atoms with Crippen molar-refractivity contribution in [2.45, 2.75) is 19.0 Å². The average molecular weight is 471 g/mol. The molecule has 0 unspecified atom stereocenters. The van der Waals surface area contributed by atoms with E-state index in [0.29, 0.717) is 17.7 Å². The van der Waals surface area contributed by atoms with E-state index in [4.69, 9.17) is 4.74 Å². The fraction of sp³-hybridized carbons (Fsp3) is 0.172. The van der Waals surface area contributed by atoms with Crippen molar-refractivity contribution in [3.63, 3.8) is 0 Å². The van der Waals surface area contributed by atoms with Crippen LogP contribution in [0.3, 0.4) is 0 Å². The van der Waals surface area contributed by atoms with E-state index in [1.165, 1.54) is 17.0 Å². The minimum Gasteiger partial charge on any atom is -0.483 e. The molecule has 0 fully saturated rings. The molecule has 35 heavy (non-hydrogen) atoms. The number of carbonyl (C=O) groups excluding carboxylic acids is 2. The summed E-state index contributed by atoms with van der Waals surface area (Å²) in [5, 5.41) is 4.59. The van der Waals surface area contributed by atoms with Gasteiger partial charge in [0, 0.05) is 25.4 Å². The highest BCUT2D eigenvalue weighted by atomic mass is 19.1. The molecule has 4 aromatic carbocycles. The first-order valence-corrected chi connectivity index (χ1v) is 11.4. The number of fused-ring (bicyclic) bond motifs is 1. The summed E-state index contributed by atoms with van der Waals surface area (Å²) in [5.41, 5.74) is 1.64. The summed E-state index contributed by atoms with van der Waals surface area (Å²) < 4.78 is 19.4. The Kier molecular flexibility index (Phi) is 7.73. The molecule has 0 bridgehead atoms. The van der Waals surface area contributed by atoms with Gasteiger partial charge in [-0.2, -0.15) is 0 Å². The molecular formula is C29H27FN2O3. The van der Waals surface area contributed by atoms with Gasteiger partial charge >= 0.3 is 0 Å². The first kappa shape index (κ1) is 24.0. The largest absolute Gasteiger partial charge is 0.483 e. The lowest BCUT2D eigenvalue weighted by atomic mass is 10.0. The van der Waals surface area contributed by atoms with Crippen molar-refractivity contribution in [1.29, 1.82) is 0 Å². The topological polar surface area (TPSA) is 58.6 Å². The molecule has 0 radical (unpaired) electrons. The van der Waals surface area contributed by atoms with Gasteiger partial charge in [-0.15, -0.1) is 0 Å². The molecule has 1 N–H and O–H groups in total. The van der Waals surface area contributed by atoms with Crippen LogP contribution in [0.25, 0.3) is 10.8 Å². The van der Waals surface area contributed by atoms with Gasteiger partial charge in [-0.1, -0.05) is 78.9 Å². The lowest BCUT2D eigenvalue weighted by Crippen LogP contribution is -2.51. The van der Waals surface area contributed by atoms with E-state index in [2.05, 4.69) is 5.32 Å². The van der Waals surface area contributed by atoms with Crippen LogP contribution in [0, 0.1) is 5.82 Å². The number of hydrogen-bond donors (Lipinski definition) is 1. The van der Waals surface area contributed by atoms with Crippen LogP contribution in [0.4, 0.5) is 4.39 Å². The normalized spacial score (nSPS) is 11.6. The third-order valence-electron chi connectivity index (χ3n) is 5.88. The van der Waals surface area contributed by atoms with Crippen LogP contribution in [0.5, 0.6) is 5.75 Å². The molecule has 4 aromatic rings. The maximum absolute atomic E-state index is 13.5. The first-order valence-electron chi connectivity index (χ1n) is 11.4. The van der Waals surface area contributed by atoms with E-state index < -0.39 is 6.04 Å². The molecule has 0 aliphatic carbocycles. The molecule has 5 nitrogen and oxygen atoms in total. The first-order chi connectivity index (χ1) is 17.0. The molecule has 1 atom stereocenters. The molecule has 0 aliphatic rings. The van der Waals surface area contributed by atoms with Gasteiger partial charge < -0.3 is 15.0 Å². The van der Waals surface area contributed by atoms with E-state index in [1.54, 1.807) is 19.2 Å². The fourth-order valence-corrected chi connectivity index (χ4v) is 4.05. The Labute approximate surface area is 204 Å². The molecule has 0 aromatic heterocycles. The third-order valence-corrected chi connectivity index (χ3v) is 5.88. The molecule has 0 spiro atoms. The van der Waals surface area contributed by atoms with E-state index in [0.717, 1.165) is 16.3 Å². The summed E-state index contributed by atoms with van der Waals surface area (Å²) in [6.45, 7) is -0.0968. The zero-order valence-electron chi connectivity index (χ0n) is 19.5. The highest BCUT2D eigenvalue weighted by Crippen LogP contribution is 2.25. The quantitative estimate of drug-likeness (QED) is 0.384. The Bertz CT molecular complexity index is 1290. The molecule has 6 heteroatoms. The van der Waals surface area contributed by atoms with Crippen molar-refractivity contribution in [3.05, 3.63) is 114 Å². The summed E-state index contributed by atoms with van der Waals surface area (Å²) in [5.74, 6) is -0.392. The molecule has 178 valence electrons. The second kappa shape index (κ2) is 11.3. The third kappa shape index (κ3) is 6.03. The second-order valence-corrected chi connectivity index (χ2v) is 8.23. The van der Waals surface area contributed by atoms with Gasteiger partial charge in [-0.3, -0.25) is 9.59 Å². The fourth-order valence-electron chi connectivity index (χ4n) is 4.05. The molecule has 0 heterocycles. The van der Waals surface area contributed by atoms with Crippen LogP contribution >= 0.6 is 0 Å². The number of benzene rings is 4. The minimum atomic E-state index is -0.768. The van der Waals surface area contributed by atoms with Crippen LogP contribution in [0.15, 0.2) is 97.1 Å². The molecule has 4 rings (SSSR count). The van der Waals surface area contributed by atoms with Crippen molar-refractivity contribution >= 4 is 22.6 Å². The van der Waals surface area contributed by atoms with Crippen LogP contribution in [-0.4, -0.2) is 36.4 Å². The van der Waals surface area contributed by atoms with Gasteiger partial charge in [-0.05, 0) is 34.7 Å². The molecule has 2 amide bonds. The average Bonchev–Trinajstić information content (AvgIpc) is 2.90. The number of rotatable bonds is 9. The van der Waals surface area contributed by atoms with E-state index in [1.807, 2.05) is 72.8 Å². The summed E-state index contributed by atoms with van der Waals surface area (Å²) in [6, 6.07) is 28.1. The van der Waals surface area contributed by atoms with Gasteiger partial charge in [0.25, 0.3) is 5.91 Å². The highest BCUT2D eigenvalue weighted by molar-refractivity contribution is 5.90. The minimum absolute atomic E-state index is 0.142. The number of likely N-dealkylation sites (N-methyl/N-ethyl adjacent to an activating group) is 1. The second-order valence-electron chi connectivity index (χ2n) is 8.23. The van der Waals surface area contributed by atoms with Gasteiger partial charge in [0.05, 0.1) is 0 Å². The number of nitrogens with zero attached hydrogens (tertiary/aromatic N) is 1. The van der Waals surface area contributed by atoms with E-state index >= 15 is 0 Å². The Morgan fingerprint density at radius 1 is 0.857 bits per heavy atom. The number of amides is 2. The van der Waals surface area contributed by atoms with Crippen molar-refractivity contribution < 1.29 is 18.7 Å². The van der Waals surface area contributed by atoms with Crippen LogP contribution in [-0.2, 0) is 22.6 Å². The van der Waals surface area contributed by atoms with Crippen LogP contribution in [0.1, 0.15) is 11.1 Å². The Hall–Kier alpha value is -4.19. The number of ether oxygens (including phenoxy) is 1. The van der Waals surface area contributed by atoms with Crippen LogP contribution in [0.2, 0.25) is 0 Å². The van der Waals surface area contributed by atoms with Crippen molar-refractivity contribution in [2.75, 3.05) is 13.7 Å². The number of halogens is 1. The SMILES string of the molecule is CNC(=O)[C@H](Cc1ccccc1)N(Cc1ccc(F)cc1)C(=O)COc1cccc2ccccc12. The van der Waals surface area contributed by atoms with Gasteiger partial charge in [0.1, 0.15) is 17.6 Å². The van der Waals surface area contributed by atoms with E-state index in [-0.39, 0.29) is 30.8 Å². The maximum Gasteiger partial charge on any atom is 0.261 e. The van der Waals surface area contributed by atoms with Crippen LogP contribution < -0.4 is 10.1 Å². The number of carbonyl (C=O) groups is 2. The highest BCUT2D eigenvalue weighted by Gasteiger charge is 2.30. The Morgan fingerprint density at radius 3 is 2.29 bits per heavy atom. The molecule has 0 aliphatic heterocycles. The number of nitrogens with one attached hydrogen (secondary N) is 1. The summed E-state index contributed by atoms with van der Waals surface area (Å²) in [6.07, 6.45) is 0.335. The molecular weight excluding hydrogens is 443 g/mol. The van der Waals surface area contributed by atoms with Crippen molar-refractivity contribution in [1.82, 2.24) is 10.2 Å². The lowest BCUT2D eigenvalue weighted by Gasteiger charge is -2.31. The summed E-state index contributed by atoms with van der Waals surface area (Å²) >= 11 is 0. The van der Waals surface area contributed by atoms with Gasteiger partial charge in [-0.25, -0.2) is 4.39 Å². The number of hydrogen-bond acceptors (Lipinski definition) is 3. The standard InChI is InChI=1S/C29H27FN2O3/c1-31-29(34)26(18-21-8-3-2-4-9-21)32(19-22-14-16-24(30)17-15-22)28(33)20-35-27-13-7-11-23-10-5-6-12-25(23)27/h2-17,26H,18-20H2,1H3,(H,31,34)/t26-/m0/s1. The Morgan fingerprint density at radius 2 is 1.54 bits per heavy atom. The maximum atomic E-state index is 13.5. The van der Waals surface area contributed by atoms with Gasteiger partial charge in [0.15, 0.2) is 6.61 Å².